The van der Waals surface area contributed by atoms with Gasteiger partial charge in [-0.05, 0) is 53.5 Å². The molecule has 3 aromatic heterocycles. The van der Waals surface area contributed by atoms with Gasteiger partial charge in [-0.25, -0.2) is 18.4 Å². The zero-order valence-corrected chi connectivity index (χ0v) is 19.5. The smallest absolute Gasteiger partial charge is 0.186 e. The van der Waals surface area contributed by atoms with Crippen LogP contribution in [0.25, 0.3) is 10.2 Å². The number of benzene rings is 1. The van der Waals surface area contributed by atoms with Crippen LogP contribution >= 0.6 is 22.9 Å². The lowest BCUT2D eigenvalue weighted by atomic mass is 10.1. The molecule has 4 heterocycles. The molecular formula is C20H24FN9S2. The second kappa shape index (κ2) is 8.68. The lowest BCUT2D eigenvalue weighted by Gasteiger charge is -2.38. The highest BCUT2D eigenvalue weighted by molar-refractivity contribution is 7.22. The average molecular weight is 474 g/mol. The van der Waals surface area contributed by atoms with Crippen molar-refractivity contribution in [1.29, 1.82) is 0 Å². The molecule has 2 N–H and O–H groups in total. The molecule has 5 rings (SSSR count). The third kappa shape index (κ3) is 3.82. The molecule has 0 amide bonds. The zero-order chi connectivity index (χ0) is 22.2. The van der Waals surface area contributed by atoms with Crippen molar-refractivity contribution in [2.24, 2.45) is 0 Å². The number of hydrogen-bond acceptors (Lipinski definition) is 10. The molecule has 32 heavy (non-hydrogen) atoms. The number of hydrogen-bond donors (Lipinski definition) is 1. The first-order valence-electron chi connectivity index (χ1n) is 10.6. The molecule has 0 spiro atoms. The van der Waals surface area contributed by atoms with E-state index in [1.807, 2.05) is 10.7 Å². The maximum Gasteiger partial charge on any atom is 0.186 e. The van der Waals surface area contributed by atoms with Crippen molar-refractivity contribution in [2.45, 2.75) is 32.4 Å². The van der Waals surface area contributed by atoms with Crippen molar-refractivity contribution in [3.05, 3.63) is 40.9 Å². The predicted octanol–water partition coefficient (Wildman–Crippen LogP) is 3.34. The van der Waals surface area contributed by atoms with Crippen molar-refractivity contribution in [2.75, 3.05) is 36.8 Å². The maximum absolute atomic E-state index is 14.2. The molecule has 0 bridgehead atoms. The normalized spacial score (nSPS) is 17.2. The van der Waals surface area contributed by atoms with E-state index in [1.54, 1.807) is 12.3 Å². The molecule has 1 saturated heterocycles. The SMILES string of the molecule is CCC(c1nnnn1C(C)c1ccns1)N1CCN(c2nc3cc(N)cc(F)c3s2)CC1. The van der Waals surface area contributed by atoms with Crippen molar-refractivity contribution < 1.29 is 4.39 Å². The molecule has 4 aromatic rings. The Morgan fingerprint density at radius 2 is 2.03 bits per heavy atom. The second-order valence-corrected chi connectivity index (χ2v) is 9.71. The number of thiazole rings is 1. The van der Waals surface area contributed by atoms with Gasteiger partial charge in [0.2, 0.25) is 0 Å². The van der Waals surface area contributed by atoms with E-state index in [0.29, 0.717) is 15.9 Å². The number of anilines is 2. The van der Waals surface area contributed by atoms with E-state index in [9.17, 15) is 4.39 Å². The Labute approximate surface area is 192 Å². The number of halogens is 1. The number of nitrogens with zero attached hydrogens (tertiary/aromatic N) is 8. The molecule has 0 radical (unpaired) electrons. The minimum atomic E-state index is -0.310. The van der Waals surface area contributed by atoms with Crippen LogP contribution in [0, 0.1) is 5.82 Å². The molecular weight excluding hydrogens is 449 g/mol. The zero-order valence-electron chi connectivity index (χ0n) is 17.8. The van der Waals surface area contributed by atoms with Gasteiger partial charge >= 0.3 is 0 Å². The van der Waals surface area contributed by atoms with Gasteiger partial charge in [0.1, 0.15) is 5.82 Å². The van der Waals surface area contributed by atoms with Crippen LogP contribution in [0.15, 0.2) is 24.4 Å². The Bertz CT molecular complexity index is 1200. The van der Waals surface area contributed by atoms with Crippen LogP contribution in [0.3, 0.4) is 0 Å². The molecule has 2 atom stereocenters. The highest BCUT2D eigenvalue weighted by atomic mass is 32.1. The number of nitrogen functional groups attached to an aromatic ring is 1. The summed E-state index contributed by atoms with van der Waals surface area (Å²) in [6.07, 6.45) is 2.71. The molecule has 0 aliphatic carbocycles. The number of rotatable bonds is 6. The van der Waals surface area contributed by atoms with Gasteiger partial charge in [-0.3, -0.25) is 4.90 Å². The molecule has 9 nitrogen and oxygen atoms in total. The van der Waals surface area contributed by atoms with E-state index in [2.05, 4.69) is 48.5 Å². The standard InChI is InChI=1S/C20H24FN9S2/c1-3-16(19-25-26-27-30(19)12(2)17-4-5-23-32-17)28-6-8-29(9-7-28)20-24-15-11-13(22)10-14(21)18(15)31-20/h4-5,10-12,16H,3,6-9,22H2,1-2H3. The van der Waals surface area contributed by atoms with Crippen LogP contribution in [0.2, 0.25) is 0 Å². The average Bonchev–Trinajstić information content (AvgIpc) is 3.55. The lowest BCUT2D eigenvalue weighted by Crippen LogP contribution is -2.48. The van der Waals surface area contributed by atoms with Crippen molar-refractivity contribution in [1.82, 2.24) is 34.5 Å². The highest BCUT2D eigenvalue weighted by Crippen LogP contribution is 2.34. The van der Waals surface area contributed by atoms with Crippen LogP contribution in [0.1, 0.15) is 43.1 Å². The lowest BCUT2D eigenvalue weighted by molar-refractivity contribution is 0.168. The van der Waals surface area contributed by atoms with Gasteiger partial charge < -0.3 is 10.6 Å². The molecule has 1 aliphatic heterocycles. The number of fused-ring (bicyclic) bond motifs is 1. The topological polar surface area (TPSA) is 102 Å². The Hall–Kier alpha value is -2.70. The van der Waals surface area contributed by atoms with Gasteiger partial charge in [0, 0.05) is 42.9 Å². The first-order valence-corrected chi connectivity index (χ1v) is 12.2. The third-order valence-corrected chi connectivity index (χ3v) is 7.98. The Morgan fingerprint density at radius 3 is 2.75 bits per heavy atom. The van der Waals surface area contributed by atoms with Crippen molar-refractivity contribution in [3.63, 3.8) is 0 Å². The summed E-state index contributed by atoms with van der Waals surface area (Å²) in [5.74, 6) is 0.565. The first-order chi connectivity index (χ1) is 15.5. The van der Waals surface area contributed by atoms with Gasteiger partial charge in [-0.1, -0.05) is 18.3 Å². The van der Waals surface area contributed by atoms with Gasteiger partial charge in [-0.2, -0.15) is 0 Å². The van der Waals surface area contributed by atoms with Crippen LogP contribution in [0.5, 0.6) is 0 Å². The molecule has 0 saturated carbocycles. The Kier molecular flexibility index (Phi) is 5.74. The second-order valence-electron chi connectivity index (χ2n) is 7.87. The molecule has 2 unspecified atom stereocenters. The summed E-state index contributed by atoms with van der Waals surface area (Å²) in [6, 6.07) is 5.25. The number of nitrogens with two attached hydrogens (primary N) is 1. The van der Waals surface area contributed by atoms with Gasteiger partial charge in [0.05, 0.1) is 22.3 Å². The molecule has 1 aromatic carbocycles. The summed E-state index contributed by atoms with van der Waals surface area (Å²) in [6.45, 7) is 7.56. The van der Waals surface area contributed by atoms with Gasteiger partial charge in [0.25, 0.3) is 0 Å². The fourth-order valence-corrected chi connectivity index (χ4v) is 5.84. The van der Waals surface area contributed by atoms with Crippen molar-refractivity contribution in [3.8, 4) is 0 Å². The van der Waals surface area contributed by atoms with E-state index in [1.165, 1.54) is 28.9 Å². The predicted molar refractivity (Wildman–Crippen MR) is 125 cm³/mol. The van der Waals surface area contributed by atoms with E-state index < -0.39 is 0 Å². The van der Waals surface area contributed by atoms with E-state index in [-0.39, 0.29) is 17.9 Å². The summed E-state index contributed by atoms with van der Waals surface area (Å²) >= 11 is 2.85. The Morgan fingerprint density at radius 1 is 1.22 bits per heavy atom. The van der Waals surface area contributed by atoms with E-state index >= 15 is 0 Å². The monoisotopic (exact) mass is 473 g/mol. The number of piperazine rings is 1. The van der Waals surface area contributed by atoms with Gasteiger partial charge in [-0.15, -0.1) is 5.10 Å². The molecule has 1 fully saturated rings. The summed E-state index contributed by atoms with van der Waals surface area (Å²) in [5, 5.41) is 13.5. The van der Waals surface area contributed by atoms with Crippen LogP contribution in [-0.2, 0) is 0 Å². The molecule has 12 heteroatoms. The van der Waals surface area contributed by atoms with Gasteiger partial charge in [0.15, 0.2) is 11.0 Å². The quantitative estimate of drug-likeness (QED) is 0.426. The number of tetrazole rings is 1. The highest BCUT2D eigenvalue weighted by Gasteiger charge is 2.30. The molecule has 168 valence electrons. The van der Waals surface area contributed by atoms with Crippen molar-refractivity contribution >= 4 is 43.9 Å². The summed E-state index contributed by atoms with van der Waals surface area (Å²) in [7, 11) is 0. The van der Waals surface area contributed by atoms with Crippen LogP contribution in [0.4, 0.5) is 15.2 Å². The van der Waals surface area contributed by atoms with E-state index in [4.69, 9.17) is 5.73 Å². The minimum absolute atomic E-state index is 0.0351. The fourth-order valence-electron chi connectivity index (χ4n) is 4.22. The summed E-state index contributed by atoms with van der Waals surface area (Å²) in [4.78, 5) is 10.4. The first kappa shape index (κ1) is 21.2. The fraction of sp³-hybridized carbons (Fsp3) is 0.450. The maximum atomic E-state index is 14.2. The van der Waals surface area contributed by atoms with E-state index in [0.717, 1.165) is 48.4 Å². The summed E-state index contributed by atoms with van der Waals surface area (Å²) in [5.41, 5.74) is 6.79. The number of aromatic nitrogens is 6. The van der Waals surface area contributed by atoms with Crippen LogP contribution < -0.4 is 10.6 Å². The van der Waals surface area contributed by atoms with Crippen LogP contribution in [-0.4, -0.2) is 60.6 Å². The Balaban J connectivity index is 1.32. The summed E-state index contributed by atoms with van der Waals surface area (Å²) < 4.78 is 20.9. The largest absolute Gasteiger partial charge is 0.399 e. The molecule has 1 aliphatic rings. The minimum Gasteiger partial charge on any atom is -0.399 e. The third-order valence-electron chi connectivity index (χ3n) is 5.92.